The van der Waals surface area contributed by atoms with Crippen LogP contribution in [0.4, 0.5) is 15.9 Å². The summed E-state index contributed by atoms with van der Waals surface area (Å²) >= 11 is 0. The van der Waals surface area contributed by atoms with E-state index in [0.717, 1.165) is 34.9 Å². The van der Waals surface area contributed by atoms with Crippen molar-refractivity contribution in [2.45, 2.75) is 59.2 Å². The molecule has 0 N–H and O–H groups in total. The summed E-state index contributed by atoms with van der Waals surface area (Å²) in [7, 11) is 0. The molecule has 1 atom stereocenters. The van der Waals surface area contributed by atoms with E-state index in [1.54, 1.807) is 23.2 Å². The number of amides is 1. The van der Waals surface area contributed by atoms with Gasteiger partial charge in [-0.05, 0) is 57.4 Å². The lowest BCUT2D eigenvalue weighted by atomic mass is 10.1. The Bertz CT molecular complexity index is 1090. The van der Waals surface area contributed by atoms with Gasteiger partial charge in [-0.2, -0.15) is 5.10 Å². The number of carbonyl (C=O) groups excluding carboxylic acids is 1. The van der Waals surface area contributed by atoms with E-state index < -0.39 is 0 Å². The number of anilines is 2. The Labute approximate surface area is 187 Å². The Balaban J connectivity index is 1.48. The van der Waals surface area contributed by atoms with E-state index >= 15 is 0 Å². The van der Waals surface area contributed by atoms with E-state index in [1.165, 1.54) is 12.1 Å². The smallest absolute Gasteiger partial charge is 0.249 e. The van der Waals surface area contributed by atoms with Crippen molar-refractivity contribution in [3.05, 3.63) is 65.6 Å². The molecule has 2 aromatic heterocycles. The molecule has 1 aromatic carbocycles. The van der Waals surface area contributed by atoms with Crippen LogP contribution >= 0.6 is 0 Å². The number of halogens is 1. The van der Waals surface area contributed by atoms with Gasteiger partial charge in [0.05, 0.1) is 18.9 Å². The zero-order valence-electron chi connectivity index (χ0n) is 19.0. The summed E-state index contributed by atoms with van der Waals surface area (Å²) in [6.45, 7) is 9.25. The van der Waals surface area contributed by atoms with Crippen LogP contribution in [0, 0.1) is 5.82 Å². The molecule has 0 radical (unpaired) electrons. The summed E-state index contributed by atoms with van der Waals surface area (Å²) in [5.74, 6) is 1.42. The summed E-state index contributed by atoms with van der Waals surface area (Å²) in [6.07, 6.45) is 7.06. The van der Waals surface area contributed by atoms with Gasteiger partial charge in [-0.25, -0.2) is 14.4 Å². The van der Waals surface area contributed by atoms with Gasteiger partial charge >= 0.3 is 0 Å². The van der Waals surface area contributed by atoms with E-state index in [9.17, 15) is 9.18 Å². The second-order valence-corrected chi connectivity index (χ2v) is 8.43. The second-order valence-electron chi connectivity index (χ2n) is 8.43. The van der Waals surface area contributed by atoms with Crippen molar-refractivity contribution in [3.63, 3.8) is 0 Å². The standard InChI is InChI=1S/C24H29FN6O/c1-5-30-21-13-26-22(28-23(21)31(16(2)3)17(4)24(30)32)11-8-19-12-27-29(15-19)14-18-6-9-20(25)10-7-18/h6-7,9-10,12-13,15-17H,5,8,11,14H2,1-4H3/t17-/m0/s1. The minimum atomic E-state index is -0.255. The Morgan fingerprint density at radius 1 is 1.09 bits per heavy atom. The molecule has 3 heterocycles. The number of aromatic nitrogens is 4. The lowest BCUT2D eigenvalue weighted by Gasteiger charge is -2.42. The van der Waals surface area contributed by atoms with E-state index in [0.29, 0.717) is 19.5 Å². The van der Waals surface area contributed by atoms with Crippen molar-refractivity contribution in [3.8, 4) is 0 Å². The second kappa shape index (κ2) is 9.06. The minimum absolute atomic E-state index is 0.0821. The number of carbonyl (C=O) groups is 1. The molecule has 0 unspecified atom stereocenters. The van der Waals surface area contributed by atoms with Crippen LogP contribution in [-0.2, 0) is 24.2 Å². The van der Waals surface area contributed by atoms with Crippen molar-refractivity contribution < 1.29 is 9.18 Å². The topological polar surface area (TPSA) is 67.2 Å². The molecule has 1 amide bonds. The van der Waals surface area contributed by atoms with Crippen LogP contribution in [0.3, 0.4) is 0 Å². The summed E-state index contributed by atoms with van der Waals surface area (Å²) in [6, 6.07) is 6.35. The molecule has 0 spiro atoms. The van der Waals surface area contributed by atoms with Gasteiger partial charge in [-0.3, -0.25) is 9.48 Å². The van der Waals surface area contributed by atoms with Gasteiger partial charge in [0.15, 0.2) is 5.82 Å². The third kappa shape index (κ3) is 4.35. The predicted octanol–water partition coefficient (Wildman–Crippen LogP) is 3.62. The fraction of sp³-hybridized carbons (Fsp3) is 0.417. The molecular weight excluding hydrogens is 407 g/mol. The number of hydrogen-bond acceptors (Lipinski definition) is 5. The quantitative estimate of drug-likeness (QED) is 0.566. The first kappa shape index (κ1) is 21.9. The molecular formula is C24H29FN6O. The number of benzene rings is 1. The number of aryl methyl sites for hydroxylation is 2. The third-order valence-electron chi connectivity index (χ3n) is 5.83. The molecule has 0 aliphatic carbocycles. The highest BCUT2D eigenvalue weighted by molar-refractivity contribution is 6.04. The fourth-order valence-corrected chi connectivity index (χ4v) is 4.22. The molecule has 3 aromatic rings. The molecule has 0 bridgehead atoms. The Hall–Kier alpha value is -3.29. The van der Waals surface area contributed by atoms with Gasteiger partial charge in [0, 0.05) is 25.2 Å². The van der Waals surface area contributed by atoms with Crippen molar-refractivity contribution in [2.75, 3.05) is 16.3 Å². The summed E-state index contributed by atoms with van der Waals surface area (Å²) in [4.78, 5) is 26.0. The monoisotopic (exact) mass is 436 g/mol. The van der Waals surface area contributed by atoms with Crippen LogP contribution in [0.5, 0.6) is 0 Å². The number of rotatable bonds is 7. The molecule has 168 valence electrons. The van der Waals surface area contributed by atoms with Gasteiger partial charge in [-0.15, -0.1) is 0 Å². The maximum Gasteiger partial charge on any atom is 0.249 e. The van der Waals surface area contributed by atoms with Crippen molar-refractivity contribution >= 4 is 17.4 Å². The third-order valence-corrected chi connectivity index (χ3v) is 5.83. The molecule has 1 aliphatic heterocycles. The highest BCUT2D eigenvalue weighted by Crippen LogP contribution is 2.35. The number of hydrogen-bond donors (Lipinski definition) is 0. The largest absolute Gasteiger partial charge is 0.341 e. The number of nitrogens with zero attached hydrogens (tertiary/aromatic N) is 6. The summed E-state index contributed by atoms with van der Waals surface area (Å²) in [5.41, 5.74) is 2.87. The lowest BCUT2D eigenvalue weighted by molar-refractivity contribution is -0.120. The van der Waals surface area contributed by atoms with Crippen molar-refractivity contribution in [2.24, 2.45) is 0 Å². The Morgan fingerprint density at radius 3 is 2.53 bits per heavy atom. The van der Waals surface area contributed by atoms with Crippen LogP contribution in [-0.4, -0.2) is 44.3 Å². The van der Waals surface area contributed by atoms with Gasteiger partial charge in [0.1, 0.15) is 23.4 Å². The highest BCUT2D eigenvalue weighted by Gasteiger charge is 2.37. The average Bonchev–Trinajstić information content (AvgIpc) is 3.22. The van der Waals surface area contributed by atoms with Gasteiger partial charge in [0.2, 0.25) is 5.91 Å². The maximum atomic E-state index is 13.1. The first-order valence-corrected chi connectivity index (χ1v) is 11.1. The SMILES string of the molecule is CCN1C(=O)[C@H](C)N(C(C)C)c2nc(CCc3cnn(Cc4ccc(F)cc4)c3)ncc21. The molecule has 0 fully saturated rings. The summed E-state index contributed by atoms with van der Waals surface area (Å²) in [5, 5.41) is 4.42. The van der Waals surface area contributed by atoms with E-state index in [4.69, 9.17) is 4.98 Å². The van der Waals surface area contributed by atoms with Crippen molar-refractivity contribution in [1.82, 2.24) is 19.7 Å². The van der Waals surface area contributed by atoms with Gasteiger partial charge < -0.3 is 9.80 Å². The zero-order chi connectivity index (χ0) is 22.8. The number of likely N-dealkylation sites (N-methyl/N-ethyl adjacent to an activating group) is 1. The Morgan fingerprint density at radius 2 is 1.84 bits per heavy atom. The molecule has 0 saturated heterocycles. The molecule has 7 nitrogen and oxygen atoms in total. The molecule has 32 heavy (non-hydrogen) atoms. The molecule has 0 saturated carbocycles. The fourth-order valence-electron chi connectivity index (χ4n) is 4.22. The van der Waals surface area contributed by atoms with Crippen LogP contribution in [0.25, 0.3) is 0 Å². The maximum absolute atomic E-state index is 13.1. The molecule has 4 rings (SSSR count). The van der Waals surface area contributed by atoms with E-state index in [-0.39, 0.29) is 23.8 Å². The van der Waals surface area contributed by atoms with E-state index in [2.05, 4.69) is 28.8 Å². The minimum Gasteiger partial charge on any atom is -0.341 e. The average molecular weight is 437 g/mol. The Kier molecular flexibility index (Phi) is 6.21. The number of fused-ring (bicyclic) bond motifs is 1. The zero-order valence-corrected chi connectivity index (χ0v) is 19.0. The van der Waals surface area contributed by atoms with Crippen LogP contribution in [0.1, 0.15) is 44.6 Å². The van der Waals surface area contributed by atoms with Gasteiger partial charge in [-0.1, -0.05) is 12.1 Å². The molecule has 8 heteroatoms. The predicted molar refractivity (Wildman–Crippen MR) is 122 cm³/mol. The van der Waals surface area contributed by atoms with Crippen LogP contribution in [0.15, 0.2) is 42.9 Å². The highest BCUT2D eigenvalue weighted by atomic mass is 19.1. The summed E-state index contributed by atoms with van der Waals surface area (Å²) < 4.78 is 14.9. The molecule has 1 aliphatic rings. The first-order chi connectivity index (χ1) is 15.4. The van der Waals surface area contributed by atoms with Crippen LogP contribution in [0.2, 0.25) is 0 Å². The van der Waals surface area contributed by atoms with Crippen LogP contribution < -0.4 is 9.80 Å². The lowest BCUT2D eigenvalue weighted by Crippen LogP contribution is -2.54. The van der Waals surface area contributed by atoms with Gasteiger partial charge in [0.25, 0.3) is 0 Å². The normalized spacial score (nSPS) is 16.1. The van der Waals surface area contributed by atoms with Crippen molar-refractivity contribution in [1.29, 1.82) is 0 Å². The van der Waals surface area contributed by atoms with E-state index in [1.807, 2.05) is 30.9 Å². The first-order valence-electron chi connectivity index (χ1n) is 11.1.